The highest BCUT2D eigenvalue weighted by molar-refractivity contribution is 7.98. The Balaban J connectivity index is 2.67. The van der Waals surface area contributed by atoms with Crippen molar-refractivity contribution in [3.63, 3.8) is 0 Å². The summed E-state index contributed by atoms with van der Waals surface area (Å²) in [7, 11) is 0. The molecule has 0 amide bonds. The van der Waals surface area contributed by atoms with E-state index in [-0.39, 0.29) is 5.82 Å². The van der Waals surface area contributed by atoms with E-state index >= 15 is 0 Å². The van der Waals surface area contributed by atoms with Crippen LogP contribution >= 0.6 is 23.1 Å². The molecule has 0 spiro atoms. The van der Waals surface area contributed by atoms with Crippen LogP contribution in [0.2, 0.25) is 0 Å². The molecule has 0 radical (unpaired) electrons. The first-order chi connectivity index (χ1) is 7.76. The standard InChI is InChI=1S/C10H8N4S2/c1-15-10-13-8(7-3-2-4-16-7)6(5-11)9(12)14-10/h2-4H,1H3,(H2,12,13,14). The minimum absolute atomic E-state index is 0.241. The number of nitrogens with zero attached hydrogens (tertiary/aromatic N) is 3. The van der Waals surface area contributed by atoms with Crippen molar-refractivity contribution in [2.75, 3.05) is 12.0 Å². The maximum absolute atomic E-state index is 9.05. The fourth-order valence-electron chi connectivity index (χ4n) is 1.25. The number of nitriles is 1. The SMILES string of the molecule is CSc1nc(N)c(C#N)c(-c2cccs2)n1. The summed E-state index contributed by atoms with van der Waals surface area (Å²) in [6, 6.07) is 5.88. The second-order valence-corrected chi connectivity index (χ2v) is 4.63. The molecule has 2 rings (SSSR count). The quantitative estimate of drug-likeness (QED) is 0.652. The van der Waals surface area contributed by atoms with Crippen molar-refractivity contribution >= 4 is 28.9 Å². The molecule has 0 saturated carbocycles. The summed E-state index contributed by atoms with van der Waals surface area (Å²) in [5.41, 5.74) is 6.70. The number of aromatic nitrogens is 2. The van der Waals surface area contributed by atoms with Gasteiger partial charge in [0, 0.05) is 0 Å². The van der Waals surface area contributed by atoms with E-state index in [1.54, 1.807) is 0 Å². The van der Waals surface area contributed by atoms with Gasteiger partial charge >= 0.3 is 0 Å². The van der Waals surface area contributed by atoms with Crippen LogP contribution in [0.15, 0.2) is 22.7 Å². The summed E-state index contributed by atoms with van der Waals surface area (Å²) < 4.78 is 0. The molecular weight excluding hydrogens is 240 g/mol. The molecular formula is C10H8N4S2. The van der Waals surface area contributed by atoms with Gasteiger partial charge in [-0.05, 0) is 17.7 Å². The van der Waals surface area contributed by atoms with Crippen molar-refractivity contribution in [1.29, 1.82) is 5.26 Å². The molecule has 0 unspecified atom stereocenters. The summed E-state index contributed by atoms with van der Waals surface area (Å²) in [6.07, 6.45) is 1.87. The van der Waals surface area contributed by atoms with Crippen LogP contribution in [-0.2, 0) is 0 Å². The van der Waals surface area contributed by atoms with E-state index in [1.807, 2.05) is 23.8 Å². The first-order valence-corrected chi connectivity index (χ1v) is 6.52. The van der Waals surface area contributed by atoms with E-state index < -0.39 is 0 Å². The zero-order valence-electron chi connectivity index (χ0n) is 8.47. The van der Waals surface area contributed by atoms with Crippen molar-refractivity contribution in [2.24, 2.45) is 0 Å². The van der Waals surface area contributed by atoms with E-state index in [0.717, 1.165) is 4.88 Å². The van der Waals surface area contributed by atoms with Crippen LogP contribution in [0.25, 0.3) is 10.6 Å². The third kappa shape index (κ3) is 1.87. The van der Waals surface area contributed by atoms with Crippen LogP contribution in [0.1, 0.15) is 5.56 Å². The fourth-order valence-corrected chi connectivity index (χ4v) is 2.34. The highest BCUT2D eigenvalue weighted by Gasteiger charge is 2.14. The molecule has 4 nitrogen and oxygen atoms in total. The topological polar surface area (TPSA) is 75.6 Å². The van der Waals surface area contributed by atoms with E-state index in [4.69, 9.17) is 11.0 Å². The van der Waals surface area contributed by atoms with E-state index in [1.165, 1.54) is 23.1 Å². The van der Waals surface area contributed by atoms with E-state index in [2.05, 4.69) is 16.0 Å². The number of thiophene rings is 1. The van der Waals surface area contributed by atoms with Crippen LogP contribution < -0.4 is 5.73 Å². The van der Waals surface area contributed by atoms with Crippen molar-refractivity contribution in [3.8, 4) is 16.6 Å². The van der Waals surface area contributed by atoms with Crippen molar-refractivity contribution in [2.45, 2.75) is 5.16 Å². The number of thioether (sulfide) groups is 1. The molecule has 0 atom stereocenters. The predicted octanol–water partition coefficient (Wildman–Crippen LogP) is 2.38. The average molecular weight is 248 g/mol. The van der Waals surface area contributed by atoms with E-state index in [9.17, 15) is 0 Å². The Morgan fingerprint density at radius 2 is 2.31 bits per heavy atom. The highest BCUT2D eigenvalue weighted by atomic mass is 32.2. The molecule has 0 aromatic carbocycles. The van der Waals surface area contributed by atoms with Crippen molar-refractivity contribution < 1.29 is 0 Å². The van der Waals surface area contributed by atoms with Crippen LogP contribution in [0, 0.1) is 11.3 Å². The summed E-state index contributed by atoms with van der Waals surface area (Å²) in [4.78, 5) is 9.30. The predicted molar refractivity (Wildman–Crippen MR) is 66.3 cm³/mol. The molecule has 0 saturated heterocycles. The van der Waals surface area contributed by atoms with Gasteiger partial charge in [0.05, 0.1) is 4.88 Å². The molecule has 0 fully saturated rings. The molecule has 2 N–H and O–H groups in total. The largest absolute Gasteiger partial charge is 0.382 e. The summed E-state index contributed by atoms with van der Waals surface area (Å²) in [5.74, 6) is 0.241. The molecule has 0 bridgehead atoms. The molecule has 2 aromatic rings. The number of hydrogen-bond donors (Lipinski definition) is 1. The highest BCUT2D eigenvalue weighted by Crippen LogP contribution is 2.29. The lowest BCUT2D eigenvalue weighted by molar-refractivity contribution is 0.981. The van der Waals surface area contributed by atoms with Crippen LogP contribution in [0.3, 0.4) is 0 Å². The summed E-state index contributed by atoms with van der Waals surface area (Å²) >= 11 is 2.93. The number of anilines is 1. The minimum Gasteiger partial charge on any atom is -0.382 e. The Bertz CT molecular complexity index is 543. The van der Waals surface area contributed by atoms with Gasteiger partial charge in [-0.15, -0.1) is 11.3 Å². The monoisotopic (exact) mass is 248 g/mol. The van der Waals surface area contributed by atoms with Crippen LogP contribution in [0.5, 0.6) is 0 Å². The second kappa shape index (κ2) is 4.51. The molecule has 16 heavy (non-hydrogen) atoms. The number of hydrogen-bond acceptors (Lipinski definition) is 6. The van der Waals surface area contributed by atoms with Crippen LogP contribution in [-0.4, -0.2) is 16.2 Å². The third-order valence-corrected chi connectivity index (χ3v) is 3.39. The van der Waals surface area contributed by atoms with Crippen LogP contribution in [0.4, 0.5) is 5.82 Å². The van der Waals surface area contributed by atoms with Gasteiger partial charge in [-0.25, -0.2) is 9.97 Å². The van der Waals surface area contributed by atoms with E-state index in [0.29, 0.717) is 16.4 Å². The number of nitrogen functional groups attached to an aromatic ring is 1. The lowest BCUT2D eigenvalue weighted by Crippen LogP contribution is -2.01. The lowest BCUT2D eigenvalue weighted by atomic mass is 10.2. The molecule has 80 valence electrons. The minimum atomic E-state index is 0.241. The third-order valence-electron chi connectivity index (χ3n) is 1.97. The first-order valence-electron chi connectivity index (χ1n) is 4.41. The van der Waals surface area contributed by atoms with Gasteiger partial charge in [0.2, 0.25) is 0 Å². The smallest absolute Gasteiger partial charge is 0.189 e. The van der Waals surface area contributed by atoms with Gasteiger partial charge < -0.3 is 5.73 Å². The maximum Gasteiger partial charge on any atom is 0.189 e. The molecule has 2 heterocycles. The average Bonchev–Trinajstić information content (AvgIpc) is 2.81. The Morgan fingerprint density at radius 1 is 1.50 bits per heavy atom. The zero-order valence-corrected chi connectivity index (χ0v) is 10.1. The van der Waals surface area contributed by atoms with Gasteiger partial charge in [-0.2, -0.15) is 5.26 Å². The Morgan fingerprint density at radius 3 is 2.88 bits per heavy atom. The molecule has 0 aliphatic heterocycles. The Hall–Kier alpha value is -1.58. The second-order valence-electron chi connectivity index (χ2n) is 2.91. The molecule has 0 aliphatic rings. The lowest BCUT2D eigenvalue weighted by Gasteiger charge is -2.05. The summed E-state index contributed by atoms with van der Waals surface area (Å²) in [6.45, 7) is 0. The normalized spacial score (nSPS) is 10.0. The van der Waals surface area contributed by atoms with Crippen molar-refractivity contribution in [3.05, 3.63) is 23.1 Å². The van der Waals surface area contributed by atoms with Gasteiger partial charge in [0.1, 0.15) is 23.1 Å². The van der Waals surface area contributed by atoms with Gasteiger partial charge in [-0.3, -0.25) is 0 Å². The summed E-state index contributed by atoms with van der Waals surface area (Å²) in [5, 5.41) is 11.6. The molecule has 6 heteroatoms. The Labute approximate surface area is 101 Å². The van der Waals surface area contributed by atoms with Crippen molar-refractivity contribution in [1.82, 2.24) is 9.97 Å². The zero-order chi connectivity index (χ0) is 11.5. The number of rotatable bonds is 2. The molecule has 0 aliphatic carbocycles. The van der Waals surface area contributed by atoms with Gasteiger partial charge in [-0.1, -0.05) is 17.8 Å². The van der Waals surface area contributed by atoms with Gasteiger partial charge in [0.25, 0.3) is 0 Å². The fraction of sp³-hybridized carbons (Fsp3) is 0.100. The van der Waals surface area contributed by atoms with Gasteiger partial charge in [0.15, 0.2) is 5.16 Å². The first kappa shape index (κ1) is 10.9. The number of nitrogens with two attached hydrogens (primary N) is 1. The maximum atomic E-state index is 9.05. The Kier molecular flexibility index (Phi) is 3.08. The molecule has 2 aromatic heterocycles.